The molecule has 102 valence electrons. The Morgan fingerprint density at radius 3 is 2.58 bits per heavy atom. The van der Waals surface area contributed by atoms with Crippen LogP contribution in [0.3, 0.4) is 0 Å². The number of amides is 1. The number of carbonyl (C=O) groups is 1. The van der Waals surface area contributed by atoms with Gasteiger partial charge in [0.15, 0.2) is 0 Å². The lowest BCUT2D eigenvalue weighted by atomic mass is 9.83. The van der Waals surface area contributed by atoms with Crippen LogP contribution in [0.2, 0.25) is 0 Å². The second-order valence-electron chi connectivity index (χ2n) is 5.44. The van der Waals surface area contributed by atoms with Gasteiger partial charge in [0, 0.05) is 19.6 Å². The van der Waals surface area contributed by atoms with Gasteiger partial charge in [-0.1, -0.05) is 30.3 Å². The van der Waals surface area contributed by atoms with Crippen LogP contribution in [0, 0.1) is 0 Å². The van der Waals surface area contributed by atoms with E-state index < -0.39 is 0 Å². The minimum absolute atomic E-state index is 0.219. The minimum atomic E-state index is -0.292. The number of piperidine rings is 1. The third-order valence-electron chi connectivity index (χ3n) is 4.34. The Hall–Kier alpha value is -1.39. The molecule has 2 saturated heterocycles. The standard InChI is InChI=1S/C15H21N3O/c19-14-15(6-8-16-9-7-15)18(11-10-17-14)12-13-4-2-1-3-5-13/h1-5,16H,6-12H2,(H,17,19). The zero-order valence-corrected chi connectivity index (χ0v) is 11.2. The molecule has 1 aromatic carbocycles. The van der Waals surface area contributed by atoms with E-state index in [0.29, 0.717) is 0 Å². The molecule has 4 heteroatoms. The molecule has 0 bridgehead atoms. The fourth-order valence-electron chi connectivity index (χ4n) is 3.24. The van der Waals surface area contributed by atoms with E-state index in [2.05, 4.69) is 39.8 Å². The lowest BCUT2D eigenvalue weighted by Crippen LogP contribution is -2.67. The smallest absolute Gasteiger partial charge is 0.240 e. The van der Waals surface area contributed by atoms with Crippen molar-refractivity contribution in [1.82, 2.24) is 15.5 Å². The van der Waals surface area contributed by atoms with Crippen LogP contribution in [0.4, 0.5) is 0 Å². The maximum atomic E-state index is 12.4. The molecule has 1 amide bonds. The van der Waals surface area contributed by atoms with Gasteiger partial charge < -0.3 is 10.6 Å². The molecule has 2 N–H and O–H groups in total. The van der Waals surface area contributed by atoms with Crippen LogP contribution < -0.4 is 10.6 Å². The van der Waals surface area contributed by atoms with E-state index in [1.807, 2.05) is 6.07 Å². The van der Waals surface area contributed by atoms with Crippen molar-refractivity contribution in [1.29, 1.82) is 0 Å². The number of benzene rings is 1. The molecule has 0 unspecified atom stereocenters. The van der Waals surface area contributed by atoms with Crippen LogP contribution in [0.5, 0.6) is 0 Å². The van der Waals surface area contributed by atoms with Gasteiger partial charge in [-0.25, -0.2) is 0 Å². The topological polar surface area (TPSA) is 44.4 Å². The first kappa shape index (κ1) is 12.6. The quantitative estimate of drug-likeness (QED) is 0.823. The number of hydrogen-bond acceptors (Lipinski definition) is 3. The van der Waals surface area contributed by atoms with E-state index in [9.17, 15) is 4.79 Å². The van der Waals surface area contributed by atoms with Gasteiger partial charge >= 0.3 is 0 Å². The Labute approximate surface area is 114 Å². The van der Waals surface area contributed by atoms with E-state index in [1.165, 1.54) is 5.56 Å². The lowest BCUT2D eigenvalue weighted by molar-refractivity contribution is -0.140. The molecule has 0 atom stereocenters. The maximum absolute atomic E-state index is 12.4. The molecule has 19 heavy (non-hydrogen) atoms. The van der Waals surface area contributed by atoms with Crippen molar-refractivity contribution in [3.8, 4) is 0 Å². The van der Waals surface area contributed by atoms with E-state index in [4.69, 9.17) is 0 Å². The molecule has 2 fully saturated rings. The molecule has 4 nitrogen and oxygen atoms in total. The molecule has 3 rings (SSSR count). The Morgan fingerprint density at radius 1 is 1.11 bits per heavy atom. The predicted octanol–water partition coefficient (Wildman–Crippen LogP) is 0.741. The number of nitrogens with zero attached hydrogens (tertiary/aromatic N) is 1. The second kappa shape index (κ2) is 5.31. The molecule has 1 spiro atoms. The van der Waals surface area contributed by atoms with Gasteiger partial charge in [-0.05, 0) is 31.5 Å². The summed E-state index contributed by atoms with van der Waals surface area (Å²) in [6, 6.07) is 10.4. The van der Waals surface area contributed by atoms with Crippen molar-refractivity contribution < 1.29 is 4.79 Å². The first-order valence-electron chi connectivity index (χ1n) is 7.09. The highest BCUT2D eigenvalue weighted by molar-refractivity contribution is 5.87. The summed E-state index contributed by atoms with van der Waals surface area (Å²) < 4.78 is 0. The first-order chi connectivity index (χ1) is 9.31. The normalized spacial score (nSPS) is 23.3. The monoisotopic (exact) mass is 259 g/mol. The summed E-state index contributed by atoms with van der Waals surface area (Å²) in [5.74, 6) is 0.219. The molecule has 2 aliphatic rings. The largest absolute Gasteiger partial charge is 0.353 e. The van der Waals surface area contributed by atoms with Crippen molar-refractivity contribution in [3.63, 3.8) is 0 Å². The molecule has 1 aromatic rings. The van der Waals surface area contributed by atoms with Gasteiger partial charge in [0.05, 0.1) is 0 Å². The Kier molecular flexibility index (Phi) is 3.53. The number of hydrogen-bond donors (Lipinski definition) is 2. The first-order valence-corrected chi connectivity index (χ1v) is 7.09. The van der Waals surface area contributed by atoms with Crippen LogP contribution in [0.15, 0.2) is 30.3 Å². The van der Waals surface area contributed by atoms with Crippen LogP contribution in [0.25, 0.3) is 0 Å². The van der Waals surface area contributed by atoms with Gasteiger partial charge in [0.2, 0.25) is 5.91 Å². The van der Waals surface area contributed by atoms with Crippen molar-refractivity contribution in [2.75, 3.05) is 26.2 Å². The average Bonchev–Trinajstić information content (AvgIpc) is 2.47. The minimum Gasteiger partial charge on any atom is -0.353 e. The van der Waals surface area contributed by atoms with Crippen LogP contribution >= 0.6 is 0 Å². The molecule has 0 aliphatic carbocycles. The molecular weight excluding hydrogens is 238 g/mol. The van der Waals surface area contributed by atoms with Crippen molar-refractivity contribution in [2.45, 2.75) is 24.9 Å². The highest BCUT2D eigenvalue weighted by atomic mass is 16.2. The molecule has 2 heterocycles. The Balaban J connectivity index is 1.83. The second-order valence-corrected chi connectivity index (χ2v) is 5.44. The lowest BCUT2D eigenvalue weighted by Gasteiger charge is -2.48. The summed E-state index contributed by atoms with van der Waals surface area (Å²) in [5.41, 5.74) is 0.995. The Bertz CT molecular complexity index is 440. The summed E-state index contributed by atoms with van der Waals surface area (Å²) in [4.78, 5) is 14.8. The SMILES string of the molecule is O=C1NCCN(Cc2ccccc2)C12CCNCC2. The van der Waals surface area contributed by atoms with E-state index in [-0.39, 0.29) is 11.4 Å². The van der Waals surface area contributed by atoms with Crippen molar-refractivity contribution in [3.05, 3.63) is 35.9 Å². The summed E-state index contributed by atoms with van der Waals surface area (Å²) >= 11 is 0. The molecule has 0 radical (unpaired) electrons. The van der Waals surface area contributed by atoms with Gasteiger partial charge in [-0.3, -0.25) is 9.69 Å². The molecule has 0 saturated carbocycles. The van der Waals surface area contributed by atoms with Crippen LogP contribution in [-0.4, -0.2) is 42.5 Å². The summed E-state index contributed by atoms with van der Waals surface area (Å²) in [7, 11) is 0. The summed E-state index contributed by atoms with van der Waals surface area (Å²) in [6.07, 6.45) is 1.82. The number of carbonyl (C=O) groups excluding carboxylic acids is 1. The van der Waals surface area contributed by atoms with Gasteiger partial charge in [0.25, 0.3) is 0 Å². The fourth-order valence-corrected chi connectivity index (χ4v) is 3.24. The number of nitrogens with one attached hydrogen (secondary N) is 2. The van der Waals surface area contributed by atoms with Crippen LogP contribution in [0.1, 0.15) is 18.4 Å². The summed E-state index contributed by atoms with van der Waals surface area (Å²) in [5, 5.41) is 6.40. The summed E-state index contributed by atoms with van der Waals surface area (Å²) in [6.45, 7) is 4.44. The third-order valence-corrected chi connectivity index (χ3v) is 4.34. The van der Waals surface area contributed by atoms with Crippen LogP contribution in [-0.2, 0) is 11.3 Å². The zero-order valence-electron chi connectivity index (χ0n) is 11.2. The van der Waals surface area contributed by atoms with Crippen molar-refractivity contribution in [2.24, 2.45) is 0 Å². The number of rotatable bonds is 2. The fraction of sp³-hybridized carbons (Fsp3) is 0.533. The van der Waals surface area contributed by atoms with E-state index in [1.54, 1.807) is 0 Å². The number of piperazine rings is 1. The maximum Gasteiger partial charge on any atom is 0.240 e. The highest BCUT2D eigenvalue weighted by Gasteiger charge is 2.46. The van der Waals surface area contributed by atoms with Gasteiger partial charge in [-0.2, -0.15) is 0 Å². The molecule has 0 aromatic heterocycles. The Morgan fingerprint density at radius 2 is 1.84 bits per heavy atom. The van der Waals surface area contributed by atoms with Gasteiger partial charge in [-0.15, -0.1) is 0 Å². The van der Waals surface area contributed by atoms with Crippen molar-refractivity contribution >= 4 is 5.91 Å². The zero-order chi connectivity index (χ0) is 13.1. The highest BCUT2D eigenvalue weighted by Crippen LogP contribution is 2.30. The predicted molar refractivity (Wildman–Crippen MR) is 74.7 cm³/mol. The molecule has 2 aliphatic heterocycles. The molecular formula is C15H21N3O. The van der Waals surface area contributed by atoms with Gasteiger partial charge in [0.1, 0.15) is 5.54 Å². The average molecular weight is 259 g/mol. The van der Waals surface area contributed by atoms with E-state index >= 15 is 0 Å². The third kappa shape index (κ3) is 2.38. The van der Waals surface area contributed by atoms with E-state index in [0.717, 1.165) is 45.6 Å².